The maximum absolute atomic E-state index is 14.0. The second kappa shape index (κ2) is 13.7. The van der Waals surface area contributed by atoms with Crippen LogP contribution >= 0.6 is 0 Å². The highest BCUT2D eigenvalue weighted by molar-refractivity contribution is 6.02. The highest BCUT2D eigenvalue weighted by atomic mass is 19.3. The maximum atomic E-state index is 14.0. The molecular formula is C33H37F4N7O3. The van der Waals surface area contributed by atoms with Crippen molar-refractivity contribution in [1.29, 1.82) is 0 Å². The van der Waals surface area contributed by atoms with E-state index in [0.717, 1.165) is 24.6 Å². The van der Waals surface area contributed by atoms with Crippen LogP contribution in [0.4, 0.5) is 46.3 Å². The molecule has 14 heteroatoms. The van der Waals surface area contributed by atoms with Crippen LogP contribution in [0.2, 0.25) is 0 Å². The zero-order chi connectivity index (χ0) is 33.1. The number of amides is 1. The Kier molecular flexibility index (Phi) is 9.50. The zero-order valence-electron chi connectivity index (χ0n) is 26.0. The first kappa shape index (κ1) is 32.5. The summed E-state index contributed by atoms with van der Waals surface area (Å²) in [6, 6.07) is 8.37. The number of likely N-dealkylation sites (tertiary alicyclic amines) is 1. The molecule has 47 heavy (non-hydrogen) atoms. The first-order valence-electron chi connectivity index (χ1n) is 15.6. The number of halogens is 4. The lowest BCUT2D eigenvalue weighted by molar-refractivity contribution is -0.111. The van der Waals surface area contributed by atoms with Crippen LogP contribution in [-0.4, -0.2) is 72.6 Å². The summed E-state index contributed by atoms with van der Waals surface area (Å²) >= 11 is 0. The van der Waals surface area contributed by atoms with Crippen molar-refractivity contribution in [2.45, 2.75) is 50.1 Å². The third-order valence-corrected chi connectivity index (χ3v) is 8.93. The molecule has 0 saturated carbocycles. The van der Waals surface area contributed by atoms with Crippen molar-refractivity contribution < 1.29 is 31.9 Å². The van der Waals surface area contributed by atoms with Crippen LogP contribution in [0.3, 0.4) is 0 Å². The molecule has 3 fully saturated rings. The molecule has 250 valence electrons. The van der Waals surface area contributed by atoms with E-state index in [2.05, 4.69) is 37.0 Å². The highest BCUT2D eigenvalue weighted by Crippen LogP contribution is 2.41. The molecule has 2 N–H and O–H groups in total. The Morgan fingerprint density at radius 3 is 2.40 bits per heavy atom. The number of benzene rings is 2. The van der Waals surface area contributed by atoms with Crippen molar-refractivity contribution in [3.8, 4) is 5.75 Å². The average molecular weight is 656 g/mol. The number of hydrogen-bond donors (Lipinski definition) is 2. The molecule has 1 aromatic heterocycles. The van der Waals surface area contributed by atoms with Gasteiger partial charge in [0.05, 0.1) is 36.8 Å². The highest BCUT2D eigenvalue weighted by Gasteiger charge is 2.37. The van der Waals surface area contributed by atoms with Gasteiger partial charge in [0.1, 0.15) is 29.5 Å². The number of carbonyl (C=O) groups excluding carboxylic acids is 1. The van der Waals surface area contributed by atoms with Gasteiger partial charge in [0.25, 0.3) is 5.92 Å². The lowest BCUT2D eigenvalue weighted by atomic mass is 9.98. The molecule has 1 atom stereocenters. The fourth-order valence-corrected chi connectivity index (χ4v) is 6.51. The van der Waals surface area contributed by atoms with Crippen LogP contribution in [0.1, 0.15) is 43.7 Å². The Hall–Kier alpha value is -4.43. The number of alkyl halides is 2. The molecule has 0 aliphatic carbocycles. The summed E-state index contributed by atoms with van der Waals surface area (Å²) in [5.74, 6) is -3.07. The molecule has 0 spiro atoms. The van der Waals surface area contributed by atoms with Gasteiger partial charge in [0.15, 0.2) is 5.82 Å². The van der Waals surface area contributed by atoms with Crippen molar-refractivity contribution in [1.82, 2.24) is 14.9 Å². The number of nitrogens with one attached hydrogen (secondary N) is 2. The van der Waals surface area contributed by atoms with E-state index in [4.69, 9.17) is 9.57 Å². The van der Waals surface area contributed by atoms with E-state index in [1.54, 1.807) is 12.1 Å². The van der Waals surface area contributed by atoms with E-state index in [1.807, 2.05) is 6.07 Å². The quantitative estimate of drug-likeness (QED) is 0.206. The van der Waals surface area contributed by atoms with Gasteiger partial charge in [-0.1, -0.05) is 6.58 Å². The maximum Gasteiger partial charge on any atom is 0.250 e. The number of piperidine rings is 2. The minimum Gasteiger partial charge on any atom is -0.494 e. The predicted molar refractivity (Wildman–Crippen MR) is 170 cm³/mol. The van der Waals surface area contributed by atoms with Crippen LogP contribution in [0.15, 0.2) is 55.4 Å². The van der Waals surface area contributed by atoms with Gasteiger partial charge in [-0.25, -0.2) is 32.6 Å². The van der Waals surface area contributed by atoms with E-state index in [9.17, 15) is 22.4 Å². The molecule has 3 saturated heterocycles. The van der Waals surface area contributed by atoms with E-state index < -0.39 is 23.6 Å². The van der Waals surface area contributed by atoms with Gasteiger partial charge in [-0.3, -0.25) is 14.5 Å². The lowest BCUT2D eigenvalue weighted by Gasteiger charge is -2.42. The van der Waals surface area contributed by atoms with Gasteiger partial charge < -0.3 is 20.3 Å². The zero-order valence-corrected chi connectivity index (χ0v) is 26.0. The number of hydroxylamine groups is 1. The minimum absolute atomic E-state index is 0.108. The minimum atomic E-state index is -2.58. The fourth-order valence-electron chi connectivity index (χ4n) is 6.51. The summed E-state index contributed by atoms with van der Waals surface area (Å²) in [5.41, 5.74) is 2.22. The van der Waals surface area contributed by atoms with Crippen molar-refractivity contribution in [3.63, 3.8) is 0 Å². The molecule has 2 aromatic carbocycles. The number of aromatic nitrogens is 2. The first-order chi connectivity index (χ1) is 22.6. The molecule has 0 unspecified atom stereocenters. The number of nitrogens with zero attached hydrogens (tertiary/aromatic N) is 5. The van der Waals surface area contributed by atoms with E-state index in [0.29, 0.717) is 73.5 Å². The number of hydrogen-bond acceptors (Lipinski definition) is 9. The standard InChI is InChI=1S/C33H37F4N7O3/c1-3-32(45)41-25-17-26(29(46-2)18-28(25)43-9-4-24(5-10-43)42-11-7-33(36,37)8-12-42)40-30-19-31(39-20-38-30)44-27(6-13-47-44)21-14-22(34)16-23(35)15-21/h3,14-20,24,27H,1,4-13H2,2H3,(H,41,45)(H,38,39,40)/t27-/m1/s1. The molecule has 3 aromatic rings. The van der Waals surface area contributed by atoms with Gasteiger partial charge in [0, 0.05) is 69.7 Å². The third-order valence-electron chi connectivity index (χ3n) is 8.93. The molecular weight excluding hydrogens is 618 g/mol. The molecule has 10 nitrogen and oxygen atoms in total. The summed E-state index contributed by atoms with van der Waals surface area (Å²) in [6.07, 6.45) is 4.42. The summed E-state index contributed by atoms with van der Waals surface area (Å²) in [6.45, 7) is 6.05. The Labute approximate surface area is 270 Å². The third kappa shape index (κ3) is 7.43. The molecule has 0 radical (unpaired) electrons. The topological polar surface area (TPSA) is 95.1 Å². The second-order valence-corrected chi connectivity index (χ2v) is 11.9. The summed E-state index contributed by atoms with van der Waals surface area (Å²) < 4.78 is 61.1. The Balaban J connectivity index is 1.22. The fraction of sp³-hybridized carbons (Fsp3) is 0.424. The van der Waals surface area contributed by atoms with Gasteiger partial charge >= 0.3 is 0 Å². The van der Waals surface area contributed by atoms with Gasteiger partial charge in [-0.05, 0) is 42.7 Å². The van der Waals surface area contributed by atoms with Gasteiger partial charge in [0.2, 0.25) is 5.91 Å². The number of ether oxygens (including phenoxy) is 1. The van der Waals surface area contributed by atoms with Crippen molar-refractivity contribution >= 4 is 34.6 Å². The van der Waals surface area contributed by atoms with Crippen LogP contribution in [-0.2, 0) is 9.63 Å². The summed E-state index contributed by atoms with van der Waals surface area (Å²) in [4.78, 5) is 31.3. The van der Waals surface area contributed by atoms with E-state index >= 15 is 0 Å². The molecule has 0 bridgehead atoms. The van der Waals surface area contributed by atoms with E-state index in [-0.39, 0.29) is 24.8 Å². The SMILES string of the molecule is C=CC(=O)Nc1cc(Nc2cc(N3OCC[C@@H]3c3cc(F)cc(F)c3)ncn2)c(OC)cc1N1CCC(N2CCC(F)(F)CC2)CC1. The Bertz CT molecular complexity index is 1590. The Morgan fingerprint density at radius 1 is 1.00 bits per heavy atom. The summed E-state index contributed by atoms with van der Waals surface area (Å²) in [5, 5.41) is 7.64. The number of rotatable bonds is 9. The second-order valence-electron chi connectivity index (χ2n) is 11.9. The largest absolute Gasteiger partial charge is 0.494 e. The monoisotopic (exact) mass is 655 g/mol. The van der Waals surface area contributed by atoms with Gasteiger partial charge in [-0.15, -0.1) is 0 Å². The molecule has 6 rings (SSSR count). The molecule has 4 heterocycles. The number of carbonyl (C=O) groups is 1. The van der Waals surface area contributed by atoms with Crippen molar-refractivity contribution in [2.75, 3.05) is 60.5 Å². The number of anilines is 5. The average Bonchev–Trinajstić information content (AvgIpc) is 3.55. The predicted octanol–water partition coefficient (Wildman–Crippen LogP) is 6.21. The van der Waals surface area contributed by atoms with Crippen LogP contribution < -0.4 is 25.3 Å². The Morgan fingerprint density at radius 2 is 1.72 bits per heavy atom. The number of methoxy groups -OCH3 is 1. The van der Waals surface area contributed by atoms with Gasteiger partial charge in [-0.2, -0.15) is 0 Å². The normalized spacial score (nSPS) is 20.2. The van der Waals surface area contributed by atoms with Crippen LogP contribution in [0.25, 0.3) is 0 Å². The summed E-state index contributed by atoms with van der Waals surface area (Å²) in [7, 11) is 1.54. The van der Waals surface area contributed by atoms with Crippen LogP contribution in [0.5, 0.6) is 5.75 Å². The van der Waals surface area contributed by atoms with Crippen LogP contribution in [0, 0.1) is 11.6 Å². The van der Waals surface area contributed by atoms with E-state index in [1.165, 1.54) is 36.7 Å². The smallest absolute Gasteiger partial charge is 0.250 e. The first-order valence-corrected chi connectivity index (χ1v) is 15.6. The molecule has 3 aliphatic heterocycles. The molecule has 1 amide bonds. The van der Waals surface area contributed by atoms with Crippen molar-refractivity contribution in [2.24, 2.45) is 0 Å². The molecule has 3 aliphatic rings. The lowest BCUT2D eigenvalue weighted by Crippen LogP contribution is -2.49. The van der Waals surface area contributed by atoms with Crippen molar-refractivity contribution in [3.05, 3.63) is 72.6 Å².